The largest absolute Gasteiger partial charge is 0.438 e. The summed E-state index contributed by atoms with van der Waals surface area (Å²) in [6.07, 6.45) is 0. The predicted octanol–water partition coefficient (Wildman–Crippen LogP) is 1.62. The third-order valence-electron chi connectivity index (χ3n) is 2.29. The van der Waals surface area contributed by atoms with Crippen LogP contribution in [0.1, 0.15) is 5.56 Å². The maximum absolute atomic E-state index is 5.58. The van der Waals surface area contributed by atoms with Crippen LogP contribution in [-0.4, -0.2) is 25.3 Å². The van der Waals surface area contributed by atoms with Crippen molar-refractivity contribution in [1.29, 1.82) is 0 Å². The highest BCUT2D eigenvalue weighted by molar-refractivity contribution is 5.36. The molecule has 0 radical (unpaired) electrons. The Morgan fingerprint density at radius 1 is 1.06 bits per heavy atom. The first-order chi connectivity index (χ1) is 8.31. The lowest BCUT2D eigenvalue weighted by molar-refractivity contribution is 0.447. The molecule has 0 atom stereocenters. The minimum absolute atomic E-state index is 0.452. The Kier molecular flexibility index (Phi) is 2.18. The lowest BCUT2D eigenvalue weighted by Gasteiger charge is -2.03. The number of nitrogens with zero attached hydrogens (tertiary/aromatic N) is 5. The Morgan fingerprint density at radius 2 is 1.88 bits per heavy atom. The van der Waals surface area contributed by atoms with Crippen molar-refractivity contribution in [2.45, 2.75) is 6.92 Å². The van der Waals surface area contributed by atoms with Gasteiger partial charge in [-0.15, -0.1) is 14.8 Å². The molecule has 2 heterocycles. The molecule has 0 bridgehead atoms. The number of hydrogen-bond donors (Lipinski definition) is 0. The number of rotatable bonds is 2. The van der Waals surface area contributed by atoms with Gasteiger partial charge in [-0.3, -0.25) is 0 Å². The summed E-state index contributed by atoms with van der Waals surface area (Å²) < 4.78 is 6.91. The maximum Gasteiger partial charge on any atom is 0.239 e. The molecule has 2 aromatic heterocycles. The van der Waals surface area contributed by atoms with Crippen LogP contribution in [0.15, 0.2) is 36.4 Å². The highest BCUT2D eigenvalue weighted by Crippen LogP contribution is 2.19. The molecule has 1 aromatic carbocycles. The molecule has 0 N–H and O–H groups in total. The molecule has 6 heteroatoms. The summed E-state index contributed by atoms with van der Waals surface area (Å²) in [6.45, 7) is 2.02. The van der Waals surface area contributed by atoms with Crippen molar-refractivity contribution in [2.24, 2.45) is 0 Å². The van der Waals surface area contributed by atoms with E-state index < -0.39 is 0 Å². The van der Waals surface area contributed by atoms with Gasteiger partial charge in [-0.25, -0.2) is 0 Å². The van der Waals surface area contributed by atoms with Crippen molar-refractivity contribution in [3.63, 3.8) is 0 Å². The Bertz CT molecular complexity index is 646. The highest BCUT2D eigenvalue weighted by atomic mass is 16.5. The molecule has 0 fully saturated rings. The van der Waals surface area contributed by atoms with Crippen molar-refractivity contribution in [2.75, 3.05) is 0 Å². The van der Waals surface area contributed by atoms with Gasteiger partial charge < -0.3 is 4.74 Å². The van der Waals surface area contributed by atoms with Crippen molar-refractivity contribution in [3.8, 4) is 11.6 Å². The Balaban J connectivity index is 1.91. The monoisotopic (exact) mass is 227 g/mol. The highest BCUT2D eigenvalue weighted by Gasteiger charge is 2.02. The van der Waals surface area contributed by atoms with Crippen LogP contribution in [0, 0.1) is 6.92 Å². The van der Waals surface area contributed by atoms with Crippen LogP contribution in [0.4, 0.5) is 0 Å². The molecule has 0 spiro atoms. The van der Waals surface area contributed by atoms with Gasteiger partial charge in [-0.2, -0.15) is 0 Å². The third-order valence-corrected chi connectivity index (χ3v) is 2.29. The molecule has 0 aliphatic rings. The van der Waals surface area contributed by atoms with Gasteiger partial charge in [0.15, 0.2) is 5.65 Å². The van der Waals surface area contributed by atoms with E-state index in [-0.39, 0.29) is 0 Å². The van der Waals surface area contributed by atoms with Crippen LogP contribution in [-0.2, 0) is 0 Å². The molecule has 0 saturated heterocycles. The number of ether oxygens (including phenoxy) is 1. The van der Waals surface area contributed by atoms with Crippen LogP contribution in [0.25, 0.3) is 5.65 Å². The first-order valence-corrected chi connectivity index (χ1v) is 5.11. The summed E-state index contributed by atoms with van der Waals surface area (Å²) in [5.74, 6) is 1.18. The quantitative estimate of drug-likeness (QED) is 0.665. The van der Waals surface area contributed by atoms with Gasteiger partial charge in [0.2, 0.25) is 5.88 Å². The summed E-state index contributed by atoms with van der Waals surface area (Å²) in [7, 11) is 0. The molecule has 84 valence electrons. The fraction of sp³-hybridized carbons (Fsp3) is 0.0909. The van der Waals surface area contributed by atoms with E-state index in [4.69, 9.17) is 4.74 Å². The first-order valence-electron chi connectivity index (χ1n) is 5.11. The fourth-order valence-electron chi connectivity index (χ4n) is 1.41. The summed E-state index contributed by atoms with van der Waals surface area (Å²) in [5.41, 5.74) is 1.77. The molecular formula is C11H9N5O. The molecule has 0 amide bonds. The zero-order valence-corrected chi connectivity index (χ0v) is 9.11. The van der Waals surface area contributed by atoms with Crippen LogP contribution < -0.4 is 4.74 Å². The van der Waals surface area contributed by atoms with Gasteiger partial charge in [0, 0.05) is 6.07 Å². The molecule has 6 nitrogen and oxygen atoms in total. The zero-order valence-electron chi connectivity index (χ0n) is 9.11. The Morgan fingerprint density at radius 3 is 2.71 bits per heavy atom. The van der Waals surface area contributed by atoms with E-state index >= 15 is 0 Å². The third kappa shape index (κ3) is 1.92. The van der Waals surface area contributed by atoms with Gasteiger partial charge in [0.05, 0.1) is 0 Å². The molecule has 3 rings (SSSR count). The molecule has 0 aliphatic heterocycles. The van der Waals surface area contributed by atoms with Gasteiger partial charge >= 0.3 is 0 Å². The number of aryl methyl sites for hydroxylation is 1. The van der Waals surface area contributed by atoms with Gasteiger partial charge in [0.25, 0.3) is 0 Å². The molecular weight excluding hydrogens is 218 g/mol. The van der Waals surface area contributed by atoms with E-state index in [1.807, 2.05) is 31.2 Å². The van der Waals surface area contributed by atoms with Gasteiger partial charge in [-0.1, -0.05) is 17.7 Å². The number of benzene rings is 1. The predicted molar refractivity (Wildman–Crippen MR) is 59.8 cm³/mol. The number of hydrogen-bond acceptors (Lipinski definition) is 5. The summed E-state index contributed by atoms with van der Waals surface area (Å²) >= 11 is 0. The SMILES string of the molecule is Cc1ccc(Oc2ccc3nnnn3n2)cc1. The lowest BCUT2D eigenvalue weighted by Crippen LogP contribution is -1.96. The first kappa shape index (κ1) is 9.71. The number of aromatic nitrogens is 5. The minimum atomic E-state index is 0.452. The second kappa shape index (κ2) is 3.82. The van der Waals surface area contributed by atoms with Crippen molar-refractivity contribution in [1.82, 2.24) is 25.3 Å². The summed E-state index contributed by atoms with van der Waals surface area (Å²) in [4.78, 5) is 0. The molecule has 3 aromatic rings. The summed E-state index contributed by atoms with van der Waals surface area (Å²) in [5, 5.41) is 15.1. The lowest BCUT2D eigenvalue weighted by atomic mass is 10.2. The zero-order chi connectivity index (χ0) is 11.7. The smallest absolute Gasteiger partial charge is 0.239 e. The Labute approximate surface area is 96.8 Å². The van der Waals surface area contributed by atoms with Crippen molar-refractivity contribution >= 4 is 5.65 Å². The Hall–Kier alpha value is -2.50. The molecule has 0 aliphatic carbocycles. The average Bonchev–Trinajstić information content (AvgIpc) is 2.79. The van der Waals surface area contributed by atoms with Crippen molar-refractivity contribution < 1.29 is 4.74 Å². The second-order valence-corrected chi connectivity index (χ2v) is 3.61. The normalized spacial score (nSPS) is 10.6. The van der Waals surface area contributed by atoms with E-state index in [1.54, 1.807) is 12.1 Å². The fourth-order valence-corrected chi connectivity index (χ4v) is 1.41. The van der Waals surface area contributed by atoms with Gasteiger partial charge in [0.1, 0.15) is 5.75 Å². The van der Waals surface area contributed by atoms with Crippen LogP contribution in [0.3, 0.4) is 0 Å². The van der Waals surface area contributed by atoms with E-state index in [1.165, 1.54) is 10.2 Å². The topological polar surface area (TPSA) is 65.2 Å². The van der Waals surface area contributed by atoms with Crippen LogP contribution in [0.2, 0.25) is 0 Å². The molecule has 0 saturated carbocycles. The van der Waals surface area contributed by atoms with Gasteiger partial charge in [-0.05, 0) is 35.5 Å². The van der Waals surface area contributed by atoms with E-state index in [9.17, 15) is 0 Å². The van der Waals surface area contributed by atoms with E-state index in [0.717, 1.165) is 5.75 Å². The average molecular weight is 227 g/mol. The van der Waals surface area contributed by atoms with E-state index in [0.29, 0.717) is 11.5 Å². The van der Waals surface area contributed by atoms with E-state index in [2.05, 4.69) is 20.6 Å². The van der Waals surface area contributed by atoms with Crippen molar-refractivity contribution in [3.05, 3.63) is 42.0 Å². The second-order valence-electron chi connectivity index (χ2n) is 3.61. The molecule has 17 heavy (non-hydrogen) atoms. The van der Waals surface area contributed by atoms with Crippen LogP contribution >= 0.6 is 0 Å². The summed E-state index contributed by atoms with van der Waals surface area (Å²) in [6, 6.07) is 11.2. The van der Waals surface area contributed by atoms with Crippen LogP contribution in [0.5, 0.6) is 11.6 Å². The standard InChI is InChI=1S/C11H9N5O/c1-8-2-4-9(5-3-8)17-11-7-6-10-12-14-15-16(10)13-11/h2-7H,1H3. The number of tetrazole rings is 1. The maximum atomic E-state index is 5.58. The minimum Gasteiger partial charge on any atom is -0.438 e. The molecule has 0 unspecified atom stereocenters. The number of fused-ring (bicyclic) bond motifs is 1.